The second kappa shape index (κ2) is 9.59. The number of carbonyl (C=O) groups excluding carboxylic acids is 1. The molecule has 2 aromatic rings. The van der Waals surface area contributed by atoms with Gasteiger partial charge in [0.25, 0.3) is 0 Å². The van der Waals surface area contributed by atoms with Gasteiger partial charge in [-0.3, -0.25) is 0 Å². The standard InChI is InChI=1S/C21H24BrNO5/c1-21(2,3)28-20(26)23-18(19(24)25)12-13-27-17-10-6-15(7-11-17)14-4-8-16(22)9-5-14/h4-11,18H,12-13H2,1-3H3,(H,23,26)(H,24,25). The number of alkyl carbamates (subject to hydrolysis) is 1. The van der Waals surface area contributed by atoms with Crippen LogP contribution in [0.25, 0.3) is 11.1 Å². The van der Waals surface area contributed by atoms with Crippen LogP contribution in [0.15, 0.2) is 53.0 Å². The lowest BCUT2D eigenvalue weighted by Crippen LogP contribution is -2.44. The molecule has 0 bridgehead atoms. The van der Waals surface area contributed by atoms with Crippen LogP contribution in [0, 0.1) is 0 Å². The van der Waals surface area contributed by atoms with Crippen LogP contribution in [0.5, 0.6) is 5.75 Å². The molecule has 6 nitrogen and oxygen atoms in total. The summed E-state index contributed by atoms with van der Waals surface area (Å²) in [6, 6.07) is 14.4. The lowest BCUT2D eigenvalue weighted by atomic mass is 10.1. The summed E-state index contributed by atoms with van der Waals surface area (Å²) in [5.41, 5.74) is 1.44. The van der Waals surface area contributed by atoms with E-state index in [1.54, 1.807) is 20.8 Å². The highest BCUT2D eigenvalue weighted by atomic mass is 79.9. The monoisotopic (exact) mass is 449 g/mol. The Balaban J connectivity index is 1.87. The third-order valence-electron chi connectivity index (χ3n) is 3.70. The largest absolute Gasteiger partial charge is 0.494 e. The molecule has 2 rings (SSSR count). The normalized spacial score (nSPS) is 12.1. The number of carbonyl (C=O) groups is 2. The highest BCUT2D eigenvalue weighted by Crippen LogP contribution is 2.24. The Kier molecular flexibility index (Phi) is 7.45. The van der Waals surface area contributed by atoms with Crippen molar-refractivity contribution in [3.05, 3.63) is 53.0 Å². The fourth-order valence-electron chi connectivity index (χ4n) is 2.39. The van der Waals surface area contributed by atoms with Crippen molar-refractivity contribution in [2.75, 3.05) is 6.61 Å². The minimum Gasteiger partial charge on any atom is -0.494 e. The first-order valence-corrected chi connectivity index (χ1v) is 9.64. The molecule has 1 unspecified atom stereocenters. The van der Waals surface area contributed by atoms with Crippen LogP contribution >= 0.6 is 15.9 Å². The summed E-state index contributed by atoms with van der Waals surface area (Å²) in [6.07, 6.45) is -0.651. The Morgan fingerprint density at radius 3 is 2.07 bits per heavy atom. The molecule has 0 aliphatic carbocycles. The van der Waals surface area contributed by atoms with Gasteiger partial charge < -0.3 is 19.9 Å². The molecule has 1 amide bonds. The number of hydrogen-bond donors (Lipinski definition) is 2. The molecule has 7 heteroatoms. The third-order valence-corrected chi connectivity index (χ3v) is 4.22. The molecule has 1 atom stereocenters. The highest BCUT2D eigenvalue weighted by molar-refractivity contribution is 9.10. The molecule has 2 aromatic carbocycles. The van der Waals surface area contributed by atoms with Gasteiger partial charge in [-0.15, -0.1) is 0 Å². The van der Waals surface area contributed by atoms with Crippen LogP contribution in [-0.4, -0.2) is 35.4 Å². The zero-order valence-corrected chi connectivity index (χ0v) is 17.7. The second-order valence-electron chi connectivity index (χ2n) is 7.21. The van der Waals surface area contributed by atoms with Crippen LogP contribution < -0.4 is 10.1 Å². The molecular formula is C21H24BrNO5. The lowest BCUT2D eigenvalue weighted by molar-refractivity contribution is -0.139. The van der Waals surface area contributed by atoms with E-state index in [9.17, 15) is 14.7 Å². The van der Waals surface area contributed by atoms with Gasteiger partial charge in [0.15, 0.2) is 0 Å². The van der Waals surface area contributed by atoms with Gasteiger partial charge >= 0.3 is 12.1 Å². The maximum atomic E-state index is 11.8. The van der Waals surface area contributed by atoms with Crippen molar-refractivity contribution in [2.45, 2.75) is 38.8 Å². The van der Waals surface area contributed by atoms with Gasteiger partial charge in [-0.2, -0.15) is 0 Å². The Hall–Kier alpha value is -2.54. The van der Waals surface area contributed by atoms with E-state index < -0.39 is 23.7 Å². The molecule has 2 N–H and O–H groups in total. The molecule has 0 aliphatic heterocycles. The van der Waals surface area contributed by atoms with Crippen LogP contribution in [0.3, 0.4) is 0 Å². The molecular weight excluding hydrogens is 426 g/mol. The smallest absolute Gasteiger partial charge is 0.408 e. The van der Waals surface area contributed by atoms with Crippen LogP contribution in [0.4, 0.5) is 4.79 Å². The fraction of sp³-hybridized carbons (Fsp3) is 0.333. The number of ether oxygens (including phenoxy) is 2. The molecule has 0 heterocycles. The summed E-state index contributed by atoms with van der Waals surface area (Å²) in [5, 5.41) is 11.6. The average Bonchev–Trinajstić information content (AvgIpc) is 2.60. The van der Waals surface area contributed by atoms with E-state index in [1.165, 1.54) is 0 Å². The van der Waals surface area contributed by atoms with Crippen molar-refractivity contribution in [1.82, 2.24) is 5.32 Å². The van der Waals surface area contributed by atoms with E-state index in [0.29, 0.717) is 5.75 Å². The predicted octanol–water partition coefficient (Wildman–Crippen LogP) is 4.86. The molecule has 0 aromatic heterocycles. The fourth-order valence-corrected chi connectivity index (χ4v) is 2.65. The molecule has 0 aliphatic rings. The Bertz CT molecular complexity index is 797. The number of benzene rings is 2. The van der Waals surface area contributed by atoms with E-state index in [2.05, 4.69) is 21.2 Å². The van der Waals surface area contributed by atoms with E-state index in [1.807, 2.05) is 48.5 Å². The maximum Gasteiger partial charge on any atom is 0.408 e. The Labute approximate surface area is 173 Å². The van der Waals surface area contributed by atoms with Crippen molar-refractivity contribution in [3.63, 3.8) is 0 Å². The number of aliphatic carboxylic acids is 1. The Morgan fingerprint density at radius 2 is 1.57 bits per heavy atom. The van der Waals surface area contributed by atoms with Crippen molar-refractivity contribution in [2.24, 2.45) is 0 Å². The van der Waals surface area contributed by atoms with Crippen molar-refractivity contribution >= 4 is 28.0 Å². The lowest BCUT2D eigenvalue weighted by Gasteiger charge is -2.22. The maximum absolute atomic E-state index is 11.8. The number of carboxylic acid groups (broad SMARTS) is 1. The molecule has 0 saturated heterocycles. The number of carboxylic acids is 1. The quantitative estimate of drug-likeness (QED) is 0.629. The third kappa shape index (κ3) is 7.23. The second-order valence-corrected chi connectivity index (χ2v) is 8.12. The van der Waals surface area contributed by atoms with Crippen LogP contribution in [0.2, 0.25) is 0 Å². The molecule has 0 saturated carbocycles. The van der Waals surface area contributed by atoms with Gasteiger partial charge in [0.1, 0.15) is 17.4 Å². The van der Waals surface area contributed by atoms with Gasteiger partial charge in [0.05, 0.1) is 6.61 Å². The molecule has 28 heavy (non-hydrogen) atoms. The summed E-state index contributed by atoms with van der Waals surface area (Å²) in [4.78, 5) is 23.1. The SMILES string of the molecule is CC(C)(C)OC(=O)NC(CCOc1ccc(-c2ccc(Br)cc2)cc1)C(=O)O. The number of hydrogen-bond acceptors (Lipinski definition) is 4. The number of halogens is 1. The topological polar surface area (TPSA) is 84.9 Å². The van der Waals surface area contributed by atoms with Gasteiger partial charge in [-0.05, 0) is 56.2 Å². The van der Waals surface area contributed by atoms with Gasteiger partial charge in [0.2, 0.25) is 0 Å². The number of amides is 1. The van der Waals surface area contributed by atoms with Gasteiger partial charge in [0, 0.05) is 10.9 Å². The van der Waals surface area contributed by atoms with Crippen LogP contribution in [-0.2, 0) is 9.53 Å². The number of nitrogens with one attached hydrogen (secondary N) is 1. The highest BCUT2D eigenvalue weighted by Gasteiger charge is 2.23. The summed E-state index contributed by atoms with van der Waals surface area (Å²) in [6.45, 7) is 5.28. The van der Waals surface area contributed by atoms with Crippen LogP contribution in [0.1, 0.15) is 27.2 Å². The van der Waals surface area contributed by atoms with Gasteiger partial charge in [-0.1, -0.05) is 40.2 Å². The number of rotatable bonds is 7. The summed E-state index contributed by atoms with van der Waals surface area (Å²) >= 11 is 3.41. The van der Waals surface area contributed by atoms with Crippen molar-refractivity contribution < 1.29 is 24.2 Å². The van der Waals surface area contributed by atoms with Crippen molar-refractivity contribution in [3.8, 4) is 16.9 Å². The van der Waals surface area contributed by atoms with Crippen molar-refractivity contribution in [1.29, 1.82) is 0 Å². The summed E-state index contributed by atoms with van der Waals surface area (Å²) < 4.78 is 11.7. The van der Waals surface area contributed by atoms with E-state index in [-0.39, 0.29) is 13.0 Å². The molecule has 150 valence electrons. The Morgan fingerprint density at radius 1 is 1.04 bits per heavy atom. The average molecular weight is 450 g/mol. The molecule has 0 radical (unpaired) electrons. The molecule has 0 fully saturated rings. The summed E-state index contributed by atoms with van der Waals surface area (Å²) in [7, 11) is 0. The van der Waals surface area contributed by atoms with E-state index >= 15 is 0 Å². The predicted molar refractivity (Wildman–Crippen MR) is 110 cm³/mol. The van der Waals surface area contributed by atoms with E-state index in [0.717, 1.165) is 15.6 Å². The molecule has 0 spiro atoms. The minimum atomic E-state index is -1.14. The van der Waals surface area contributed by atoms with E-state index in [4.69, 9.17) is 9.47 Å². The van der Waals surface area contributed by atoms with Gasteiger partial charge in [-0.25, -0.2) is 9.59 Å². The zero-order chi connectivity index (χ0) is 20.7. The summed E-state index contributed by atoms with van der Waals surface area (Å²) in [5.74, 6) is -0.512. The first-order chi connectivity index (χ1) is 13.1. The minimum absolute atomic E-state index is 0.114. The first-order valence-electron chi connectivity index (χ1n) is 8.85. The zero-order valence-electron chi connectivity index (χ0n) is 16.1. The first kappa shape index (κ1) is 21.8.